The van der Waals surface area contributed by atoms with E-state index in [-0.39, 0.29) is 12.2 Å². The quantitative estimate of drug-likeness (QED) is 0.414. The minimum absolute atomic E-state index is 0.120. The van der Waals surface area contributed by atoms with Crippen molar-refractivity contribution in [3.63, 3.8) is 0 Å². The third kappa shape index (κ3) is 3.42. The molecule has 0 fully saturated rings. The maximum Gasteiger partial charge on any atom is 0.180 e. The molecule has 0 aliphatic rings. The van der Waals surface area contributed by atoms with Crippen molar-refractivity contribution in [2.24, 2.45) is 0 Å². The van der Waals surface area contributed by atoms with Gasteiger partial charge in [-0.05, 0) is 43.3 Å². The molecule has 6 nitrogen and oxygen atoms in total. The lowest BCUT2D eigenvalue weighted by molar-refractivity contribution is 0.294. The van der Waals surface area contributed by atoms with Crippen LogP contribution in [-0.2, 0) is 6.61 Å². The van der Waals surface area contributed by atoms with Crippen molar-refractivity contribution < 1.29 is 13.5 Å². The molecule has 0 unspecified atom stereocenters. The van der Waals surface area contributed by atoms with E-state index in [0.717, 1.165) is 22.6 Å². The van der Waals surface area contributed by atoms with Crippen LogP contribution in [0.15, 0.2) is 73.4 Å². The van der Waals surface area contributed by atoms with Crippen molar-refractivity contribution in [2.75, 3.05) is 0 Å². The van der Waals surface area contributed by atoms with E-state index >= 15 is 0 Å². The van der Waals surface area contributed by atoms with Gasteiger partial charge >= 0.3 is 0 Å². The van der Waals surface area contributed by atoms with Gasteiger partial charge in [0.05, 0.1) is 35.0 Å². The highest BCUT2D eigenvalue weighted by atomic mass is 19.1. The van der Waals surface area contributed by atoms with Crippen LogP contribution in [0.3, 0.4) is 0 Å². The Bertz CT molecular complexity index is 1360. The number of rotatable bonds is 5. The molecular formula is C23H17F2N5O. The van der Waals surface area contributed by atoms with Gasteiger partial charge in [0.1, 0.15) is 18.2 Å². The molecule has 0 aliphatic heterocycles. The second-order valence-electron chi connectivity index (χ2n) is 6.99. The predicted octanol–water partition coefficient (Wildman–Crippen LogP) is 4.75. The molecule has 0 N–H and O–H groups in total. The minimum atomic E-state index is -0.644. The van der Waals surface area contributed by atoms with Gasteiger partial charge in [0, 0.05) is 24.2 Å². The summed E-state index contributed by atoms with van der Waals surface area (Å²) >= 11 is 0. The summed E-state index contributed by atoms with van der Waals surface area (Å²) in [7, 11) is 0. The highest BCUT2D eigenvalue weighted by molar-refractivity contribution is 5.69. The van der Waals surface area contributed by atoms with Crippen molar-refractivity contribution >= 4 is 5.65 Å². The largest absolute Gasteiger partial charge is 0.485 e. The average molecular weight is 417 g/mol. The number of aromatic nitrogens is 5. The Morgan fingerprint density at radius 3 is 2.61 bits per heavy atom. The van der Waals surface area contributed by atoms with E-state index in [4.69, 9.17) is 4.74 Å². The van der Waals surface area contributed by atoms with Crippen LogP contribution in [0, 0.1) is 18.6 Å². The molecule has 0 saturated heterocycles. The highest BCUT2D eigenvalue weighted by Gasteiger charge is 2.17. The van der Waals surface area contributed by atoms with Gasteiger partial charge in [0.15, 0.2) is 11.4 Å². The molecule has 0 radical (unpaired) electrons. The molecule has 5 rings (SSSR count). The van der Waals surface area contributed by atoms with E-state index in [1.54, 1.807) is 35.4 Å². The van der Waals surface area contributed by atoms with Gasteiger partial charge in [-0.25, -0.2) is 18.4 Å². The molecule has 1 aromatic carbocycles. The van der Waals surface area contributed by atoms with Crippen LogP contribution in [0.25, 0.3) is 22.6 Å². The zero-order valence-electron chi connectivity index (χ0n) is 16.5. The van der Waals surface area contributed by atoms with E-state index in [0.29, 0.717) is 11.4 Å². The molecule has 0 atom stereocenters. The summed E-state index contributed by atoms with van der Waals surface area (Å²) in [6, 6.07) is 11.0. The number of halogens is 2. The maximum atomic E-state index is 13.9. The lowest BCUT2D eigenvalue weighted by atomic mass is 10.2. The average Bonchev–Trinajstić information content (AvgIpc) is 3.38. The lowest BCUT2D eigenvalue weighted by Gasteiger charge is -2.09. The topological polar surface area (TPSA) is 57.2 Å². The Balaban J connectivity index is 1.51. The Morgan fingerprint density at radius 2 is 1.84 bits per heavy atom. The van der Waals surface area contributed by atoms with Crippen LogP contribution < -0.4 is 4.74 Å². The summed E-state index contributed by atoms with van der Waals surface area (Å²) in [6.45, 7) is 1.66. The zero-order chi connectivity index (χ0) is 21.4. The summed E-state index contributed by atoms with van der Waals surface area (Å²) in [5.41, 5.74) is 3.78. The fraction of sp³-hybridized carbons (Fsp3) is 0.0870. The predicted molar refractivity (Wildman–Crippen MR) is 111 cm³/mol. The number of hydrogen-bond acceptors (Lipinski definition) is 4. The second-order valence-corrected chi connectivity index (χ2v) is 6.99. The van der Waals surface area contributed by atoms with Crippen molar-refractivity contribution in [3.05, 3.63) is 96.3 Å². The van der Waals surface area contributed by atoms with Crippen molar-refractivity contribution in [1.82, 2.24) is 24.1 Å². The zero-order valence-corrected chi connectivity index (χ0v) is 16.5. The highest BCUT2D eigenvalue weighted by Crippen LogP contribution is 2.30. The van der Waals surface area contributed by atoms with Gasteiger partial charge in [0.25, 0.3) is 0 Å². The number of imidazole rings is 1. The Labute approximate surface area is 176 Å². The smallest absolute Gasteiger partial charge is 0.180 e. The van der Waals surface area contributed by atoms with Gasteiger partial charge in [0.2, 0.25) is 0 Å². The summed E-state index contributed by atoms with van der Waals surface area (Å²) in [5, 5.41) is 4.43. The van der Waals surface area contributed by atoms with Crippen LogP contribution in [0.2, 0.25) is 0 Å². The van der Waals surface area contributed by atoms with Crippen LogP contribution in [0.1, 0.15) is 11.3 Å². The van der Waals surface area contributed by atoms with Gasteiger partial charge < -0.3 is 4.74 Å². The summed E-state index contributed by atoms with van der Waals surface area (Å²) < 4.78 is 37.3. The fourth-order valence-corrected chi connectivity index (χ4v) is 3.51. The molecule has 0 saturated carbocycles. The normalized spacial score (nSPS) is 11.2. The third-order valence-electron chi connectivity index (χ3n) is 4.99. The number of fused-ring (bicyclic) bond motifs is 1. The van der Waals surface area contributed by atoms with Gasteiger partial charge in [-0.1, -0.05) is 6.07 Å². The van der Waals surface area contributed by atoms with Crippen LogP contribution >= 0.6 is 0 Å². The van der Waals surface area contributed by atoms with Crippen LogP contribution in [0.5, 0.6) is 5.75 Å². The molecular weight excluding hydrogens is 400 g/mol. The number of benzene rings is 1. The fourth-order valence-electron chi connectivity index (χ4n) is 3.51. The van der Waals surface area contributed by atoms with Crippen molar-refractivity contribution in [3.8, 4) is 22.7 Å². The van der Waals surface area contributed by atoms with E-state index in [9.17, 15) is 8.78 Å². The lowest BCUT2D eigenvalue weighted by Crippen LogP contribution is -2.03. The summed E-state index contributed by atoms with van der Waals surface area (Å²) in [4.78, 5) is 8.75. The standard InChI is InChI=1S/C23H17F2N5O/c1-15-22(16-11-27-30(13-16)17-5-3-9-26-12-17)29-10-4-8-21(23(29)28-15)31-14-18-19(24)6-2-7-20(18)25/h2-13H,14H2,1H3. The first-order valence-corrected chi connectivity index (χ1v) is 9.60. The Kier molecular flexibility index (Phi) is 4.66. The van der Waals surface area contributed by atoms with E-state index in [1.807, 2.05) is 35.9 Å². The maximum absolute atomic E-state index is 13.9. The molecule has 0 bridgehead atoms. The number of pyridine rings is 2. The van der Waals surface area contributed by atoms with Crippen LogP contribution in [0.4, 0.5) is 8.78 Å². The molecule has 4 heterocycles. The van der Waals surface area contributed by atoms with Crippen molar-refractivity contribution in [2.45, 2.75) is 13.5 Å². The molecule has 0 spiro atoms. The summed E-state index contributed by atoms with van der Waals surface area (Å²) in [5.74, 6) is -0.857. The molecule has 5 aromatic rings. The first kappa shape index (κ1) is 18.9. The molecule has 4 aromatic heterocycles. The number of nitrogens with zero attached hydrogens (tertiary/aromatic N) is 5. The molecule has 31 heavy (non-hydrogen) atoms. The Morgan fingerprint density at radius 1 is 1.00 bits per heavy atom. The molecule has 8 heteroatoms. The third-order valence-corrected chi connectivity index (χ3v) is 4.99. The van der Waals surface area contributed by atoms with E-state index in [2.05, 4.69) is 15.1 Å². The number of aryl methyl sites for hydroxylation is 1. The first-order valence-electron chi connectivity index (χ1n) is 9.60. The summed E-state index contributed by atoms with van der Waals surface area (Å²) in [6.07, 6.45) is 8.95. The number of ether oxygens (including phenoxy) is 1. The van der Waals surface area contributed by atoms with E-state index in [1.165, 1.54) is 18.2 Å². The molecule has 154 valence electrons. The molecule has 0 aliphatic carbocycles. The van der Waals surface area contributed by atoms with Crippen molar-refractivity contribution in [1.29, 1.82) is 0 Å². The molecule has 0 amide bonds. The van der Waals surface area contributed by atoms with Gasteiger partial charge in [-0.15, -0.1) is 0 Å². The number of hydrogen-bond donors (Lipinski definition) is 0. The second kappa shape index (κ2) is 7.64. The Hall–Kier alpha value is -4.07. The van der Waals surface area contributed by atoms with Gasteiger partial charge in [-0.3, -0.25) is 9.38 Å². The van der Waals surface area contributed by atoms with Crippen LogP contribution in [-0.4, -0.2) is 24.1 Å². The first-order chi connectivity index (χ1) is 15.1. The monoisotopic (exact) mass is 417 g/mol. The van der Waals surface area contributed by atoms with E-state index < -0.39 is 11.6 Å². The van der Waals surface area contributed by atoms with Gasteiger partial charge in [-0.2, -0.15) is 5.10 Å². The SMILES string of the molecule is Cc1nc2c(OCc3c(F)cccc3F)cccn2c1-c1cnn(-c2cccnc2)c1. The minimum Gasteiger partial charge on any atom is -0.485 e.